The molecule has 4 aromatic rings. The van der Waals surface area contributed by atoms with E-state index in [-0.39, 0.29) is 94.4 Å². The van der Waals surface area contributed by atoms with Crippen LogP contribution in [0.25, 0.3) is 22.3 Å². The van der Waals surface area contributed by atoms with Crippen LogP contribution < -0.4 is 42.8 Å². The Morgan fingerprint density at radius 2 is 1.61 bits per heavy atom. The zero-order valence-corrected chi connectivity index (χ0v) is 41.4. The number of aromatic nitrogens is 2. The highest BCUT2D eigenvalue weighted by molar-refractivity contribution is 6.02. The average Bonchev–Trinajstić information content (AvgIpc) is 3.89. The number of amides is 9. The van der Waals surface area contributed by atoms with E-state index in [0.717, 1.165) is 4.90 Å². The topological polar surface area (TPSA) is 315 Å². The lowest BCUT2D eigenvalue weighted by Gasteiger charge is -2.31. The number of pyridine rings is 2. The first-order chi connectivity index (χ1) is 36.4. The minimum atomic E-state index is -2.04. The van der Waals surface area contributed by atoms with E-state index in [1.165, 1.54) is 10.6 Å². The van der Waals surface area contributed by atoms with E-state index in [2.05, 4.69) is 37.2 Å². The van der Waals surface area contributed by atoms with Crippen LogP contribution in [-0.2, 0) is 79.5 Å². The summed E-state index contributed by atoms with van der Waals surface area (Å²) in [5, 5.41) is 29.6. The number of carbonyl (C=O) groups is 9. The van der Waals surface area contributed by atoms with Crippen molar-refractivity contribution in [1.82, 2.24) is 51.7 Å². The molecule has 1 fully saturated rings. The molecule has 0 aliphatic carbocycles. The minimum Gasteiger partial charge on any atom is -0.458 e. The number of nitrogens with zero attached hydrogens (tertiary/aromatic N) is 3. The van der Waals surface area contributed by atoms with Gasteiger partial charge in [-0.3, -0.25) is 43.3 Å². The molecule has 1 unspecified atom stereocenters. The maximum atomic E-state index is 14.9. The van der Waals surface area contributed by atoms with Crippen LogP contribution in [0.5, 0.6) is 0 Å². The number of nitrogens with one attached hydrogen (secondary N) is 7. The van der Waals surface area contributed by atoms with Crippen molar-refractivity contribution in [1.29, 1.82) is 0 Å². The first kappa shape index (κ1) is 53.2. The summed E-state index contributed by atoms with van der Waals surface area (Å²) in [5.41, 5.74) is 0.843. The largest absolute Gasteiger partial charge is 0.458 e. The van der Waals surface area contributed by atoms with Gasteiger partial charge in [0.2, 0.25) is 41.4 Å². The first-order valence-electron chi connectivity index (χ1n) is 25.0. The molecule has 0 saturated carbocycles. The molecule has 3 aliphatic rings. The van der Waals surface area contributed by atoms with Gasteiger partial charge in [0.15, 0.2) is 5.60 Å². The van der Waals surface area contributed by atoms with Crippen molar-refractivity contribution in [3.05, 3.63) is 98.1 Å². The van der Waals surface area contributed by atoms with Crippen molar-refractivity contribution >= 4 is 64.3 Å². The molecule has 0 spiro atoms. The number of imide groups is 1. The highest BCUT2D eigenvalue weighted by atomic mass is 19.1. The van der Waals surface area contributed by atoms with Gasteiger partial charge in [-0.2, -0.15) is 0 Å². The van der Waals surface area contributed by atoms with Crippen molar-refractivity contribution < 1.29 is 63.5 Å². The normalized spacial score (nSPS) is 17.0. The fourth-order valence-corrected chi connectivity index (χ4v) is 8.82. The van der Waals surface area contributed by atoms with E-state index in [0.29, 0.717) is 58.3 Å². The predicted octanol–water partition coefficient (Wildman–Crippen LogP) is 0.202. The van der Waals surface area contributed by atoms with Crippen molar-refractivity contribution in [3.63, 3.8) is 0 Å². The Labute approximate surface area is 430 Å². The van der Waals surface area contributed by atoms with Crippen molar-refractivity contribution in [2.45, 2.75) is 96.5 Å². The SMILES string of the molecule is [3H]C1CC(=O)N(CCCCCC(=O)NCC(=O)NCC(=O)N[C@@H](Cc2ccccc2)C(=O)NCC(=O)NCOCCNC(=O)NCc2c3c(nc4cc(F)c(C)cc24)-c2cc4c(c(=O)n2C3)COC(=O)[C@]4(O)CC)C1=O. The number of fused-ring (bicyclic) bond motifs is 5. The molecular formula is C51H59FN10O13. The van der Waals surface area contributed by atoms with E-state index in [4.69, 9.17) is 15.8 Å². The molecule has 75 heavy (non-hydrogen) atoms. The molecule has 398 valence electrons. The number of hydrogen-bond acceptors (Lipinski definition) is 14. The van der Waals surface area contributed by atoms with Crippen LogP contribution in [0.1, 0.15) is 86.6 Å². The Hall–Kier alpha value is -8.12. The molecule has 8 N–H and O–H groups in total. The first-order valence-corrected chi connectivity index (χ1v) is 24.4. The molecule has 0 radical (unpaired) electrons. The summed E-state index contributed by atoms with van der Waals surface area (Å²) in [6.07, 6.45) is 0.342. The molecule has 3 atom stereocenters. The Balaban J connectivity index is 0.817. The summed E-state index contributed by atoms with van der Waals surface area (Å²) in [4.78, 5) is 132. The number of hydrogen-bond donors (Lipinski definition) is 8. The highest BCUT2D eigenvalue weighted by Crippen LogP contribution is 2.40. The lowest BCUT2D eigenvalue weighted by atomic mass is 9.86. The van der Waals surface area contributed by atoms with Gasteiger partial charge in [-0.1, -0.05) is 43.7 Å². The van der Waals surface area contributed by atoms with Crippen molar-refractivity contribution in [2.24, 2.45) is 0 Å². The number of ether oxygens (including phenoxy) is 2. The fourth-order valence-electron chi connectivity index (χ4n) is 8.82. The van der Waals surface area contributed by atoms with Gasteiger partial charge < -0.3 is 56.4 Å². The second-order valence-corrected chi connectivity index (χ2v) is 18.1. The maximum absolute atomic E-state index is 14.9. The van der Waals surface area contributed by atoms with Gasteiger partial charge in [-0.25, -0.2) is 19.0 Å². The van der Waals surface area contributed by atoms with Crippen LogP contribution >= 0.6 is 0 Å². The van der Waals surface area contributed by atoms with Gasteiger partial charge in [-0.15, -0.1) is 0 Å². The van der Waals surface area contributed by atoms with Gasteiger partial charge in [0.25, 0.3) is 5.56 Å². The highest BCUT2D eigenvalue weighted by Gasteiger charge is 2.45. The second kappa shape index (κ2) is 24.7. The van der Waals surface area contributed by atoms with E-state index in [9.17, 15) is 57.4 Å². The van der Waals surface area contributed by atoms with Gasteiger partial charge in [0, 0.05) is 69.2 Å². The van der Waals surface area contributed by atoms with Crippen LogP contribution in [0, 0.1) is 12.7 Å². The third kappa shape index (κ3) is 13.4. The summed E-state index contributed by atoms with van der Waals surface area (Å²) < 4.78 is 34.5. The maximum Gasteiger partial charge on any atom is 0.343 e. The molecule has 2 aromatic carbocycles. The van der Waals surface area contributed by atoms with Gasteiger partial charge >= 0.3 is 12.0 Å². The van der Waals surface area contributed by atoms with Crippen LogP contribution in [0.2, 0.25) is 0 Å². The van der Waals surface area contributed by atoms with E-state index < -0.39 is 96.5 Å². The van der Waals surface area contributed by atoms with E-state index in [1.807, 2.05) is 0 Å². The Bertz CT molecular complexity index is 3010. The third-order valence-corrected chi connectivity index (χ3v) is 13.0. The number of likely N-dealkylation sites (tertiary alicyclic amines) is 1. The number of aliphatic hydroxyl groups is 1. The molecule has 5 heterocycles. The molecule has 0 bridgehead atoms. The smallest absolute Gasteiger partial charge is 0.343 e. The predicted molar refractivity (Wildman–Crippen MR) is 264 cm³/mol. The number of unbranched alkanes of at least 4 members (excludes halogenated alkanes) is 2. The molecule has 1 saturated heterocycles. The molecule has 24 heteroatoms. The van der Waals surface area contributed by atoms with E-state index in [1.54, 1.807) is 56.3 Å². The standard InChI is InChI=1S/C51H59FN10O13/c1-3-51(73)35-20-39-46-33(26-62(39)48(70)34(35)27-75-49(51)71)32(31-18-29(2)36(52)21-37(31)60-46)22-57-50(72)53-15-17-74-28-58-42(65)24-56-47(69)38(19-30-10-6-4-7-11-30)59-43(66)25-55-41(64)23-54-40(63)12-8-5-9-16-61-44(67)13-14-45(61)68/h4,6-7,10-11,18,20-21,38,73H,3,5,8-9,12-17,19,22-28H2,1-2H3,(H,54,63)(H,55,64)(H,56,69)(H,58,65)(H,59,66)(H2,53,57,72)/t38-,51-/m0/s1/i13T/t13?,38-,51-. The summed E-state index contributed by atoms with van der Waals surface area (Å²) in [5.74, 6) is -5.39. The number of rotatable bonds is 24. The number of benzene rings is 2. The zero-order chi connectivity index (χ0) is 54.7. The van der Waals surface area contributed by atoms with Crippen LogP contribution in [-0.4, -0.2) is 125 Å². The second-order valence-electron chi connectivity index (χ2n) is 18.1. The number of esters is 1. The average molecular weight is 1040 g/mol. The molecule has 9 amide bonds. The number of halogens is 1. The quantitative estimate of drug-likeness (QED) is 0.0177. The van der Waals surface area contributed by atoms with Crippen molar-refractivity contribution in [2.75, 3.05) is 46.1 Å². The van der Waals surface area contributed by atoms with Crippen LogP contribution in [0.4, 0.5) is 9.18 Å². The summed E-state index contributed by atoms with van der Waals surface area (Å²) in [6.45, 7) is 1.30. The fraction of sp³-hybridized carbons (Fsp3) is 0.431. The summed E-state index contributed by atoms with van der Waals surface area (Å²) >= 11 is 0. The molecule has 2 aromatic heterocycles. The van der Waals surface area contributed by atoms with Gasteiger partial charge in [0.05, 0.1) is 55.3 Å². The van der Waals surface area contributed by atoms with Gasteiger partial charge in [-0.05, 0) is 55.0 Å². The van der Waals surface area contributed by atoms with Crippen LogP contribution in [0.3, 0.4) is 0 Å². The number of cyclic esters (lactones) is 1. The Kier molecular flexibility index (Phi) is 17.5. The number of aryl methyl sites for hydroxylation is 1. The Morgan fingerprint density at radius 3 is 2.36 bits per heavy atom. The van der Waals surface area contributed by atoms with E-state index >= 15 is 0 Å². The molecular weight excluding hydrogens is 980 g/mol. The number of carbonyl (C=O) groups excluding carboxylic acids is 9. The Morgan fingerprint density at radius 1 is 0.880 bits per heavy atom. The summed E-state index contributed by atoms with van der Waals surface area (Å²) in [7, 11) is 0. The number of urea groups is 1. The summed E-state index contributed by atoms with van der Waals surface area (Å²) in [6, 6.07) is 11.4. The van der Waals surface area contributed by atoms with Gasteiger partial charge in [0.1, 0.15) is 25.2 Å². The lowest BCUT2D eigenvalue weighted by Crippen LogP contribution is -2.52. The third-order valence-electron chi connectivity index (χ3n) is 13.0. The zero-order valence-electron chi connectivity index (χ0n) is 42.4. The molecule has 3 aliphatic heterocycles. The molecule has 7 rings (SSSR count). The van der Waals surface area contributed by atoms with Crippen molar-refractivity contribution in [3.8, 4) is 11.4 Å². The van der Waals surface area contributed by atoms with Crippen LogP contribution in [0.15, 0.2) is 53.3 Å². The lowest BCUT2D eigenvalue weighted by molar-refractivity contribution is -0.172. The molecule has 23 nitrogen and oxygen atoms in total. The monoisotopic (exact) mass is 1040 g/mol. The minimum absolute atomic E-state index is 0.00697.